The SMILES string of the molecule is CC1(C)CCN(C2CCC(Nc3ncnc4ccc(Br)cc34)CC2)CC1. The average Bonchev–Trinajstić information content (AvgIpc) is 2.63. The molecule has 0 bridgehead atoms. The van der Waals surface area contributed by atoms with Gasteiger partial charge in [0.1, 0.15) is 12.1 Å². The zero-order valence-corrected chi connectivity index (χ0v) is 17.4. The Labute approximate surface area is 164 Å². The summed E-state index contributed by atoms with van der Waals surface area (Å²) in [4.78, 5) is 11.6. The highest BCUT2D eigenvalue weighted by atomic mass is 79.9. The van der Waals surface area contributed by atoms with E-state index in [2.05, 4.69) is 56.0 Å². The van der Waals surface area contributed by atoms with E-state index in [-0.39, 0.29) is 0 Å². The molecule has 2 fully saturated rings. The van der Waals surface area contributed by atoms with E-state index in [4.69, 9.17) is 0 Å². The van der Waals surface area contributed by atoms with Gasteiger partial charge in [-0.15, -0.1) is 0 Å². The summed E-state index contributed by atoms with van der Waals surface area (Å²) in [6, 6.07) is 7.48. The molecule has 0 unspecified atom stereocenters. The summed E-state index contributed by atoms with van der Waals surface area (Å²) in [5.41, 5.74) is 1.53. The molecule has 0 amide bonds. The Morgan fingerprint density at radius 2 is 1.81 bits per heavy atom. The van der Waals surface area contributed by atoms with Gasteiger partial charge >= 0.3 is 0 Å². The largest absolute Gasteiger partial charge is 0.367 e. The number of nitrogens with zero attached hydrogens (tertiary/aromatic N) is 3. The number of halogens is 1. The van der Waals surface area contributed by atoms with Crippen LogP contribution in [0.4, 0.5) is 5.82 Å². The fraction of sp³-hybridized carbons (Fsp3) is 0.619. The molecule has 4 rings (SSSR count). The summed E-state index contributed by atoms with van der Waals surface area (Å²) in [5, 5.41) is 4.80. The maximum atomic E-state index is 4.51. The van der Waals surface area contributed by atoms with Crippen molar-refractivity contribution in [1.29, 1.82) is 0 Å². The number of rotatable bonds is 3. The van der Waals surface area contributed by atoms with E-state index in [1.807, 2.05) is 12.1 Å². The fourth-order valence-electron chi connectivity index (χ4n) is 4.42. The minimum absolute atomic E-state index is 0.518. The second-order valence-electron chi connectivity index (χ2n) is 8.73. The topological polar surface area (TPSA) is 41.0 Å². The monoisotopic (exact) mass is 416 g/mol. The highest BCUT2D eigenvalue weighted by Gasteiger charge is 2.31. The third-order valence-corrected chi connectivity index (χ3v) is 6.80. The molecule has 2 heterocycles. The predicted molar refractivity (Wildman–Crippen MR) is 111 cm³/mol. The van der Waals surface area contributed by atoms with Crippen molar-refractivity contribution in [2.75, 3.05) is 18.4 Å². The summed E-state index contributed by atoms with van der Waals surface area (Å²) in [6.45, 7) is 7.38. The first-order valence-corrected chi connectivity index (χ1v) is 10.7. The number of piperidine rings is 1. The Morgan fingerprint density at radius 3 is 2.54 bits per heavy atom. The molecule has 1 N–H and O–H groups in total. The molecule has 1 aliphatic carbocycles. The summed E-state index contributed by atoms with van der Waals surface area (Å²) in [6.07, 6.45) is 9.39. The van der Waals surface area contributed by atoms with Crippen LogP contribution in [0.2, 0.25) is 0 Å². The first-order valence-electron chi connectivity index (χ1n) is 9.91. The zero-order valence-electron chi connectivity index (χ0n) is 15.8. The molecule has 1 aromatic carbocycles. The Kier molecular flexibility index (Phi) is 5.20. The smallest absolute Gasteiger partial charge is 0.137 e. The number of aromatic nitrogens is 2. The van der Waals surface area contributed by atoms with E-state index in [1.165, 1.54) is 51.6 Å². The van der Waals surface area contributed by atoms with Crippen molar-refractivity contribution in [3.63, 3.8) is 0 Å². The summed E-state index contributed by atoms with van der Waals surface area (Å²) >= 11 is 3.56. The van der Waals surface area contributed by atoms with Crippen molar-refractivity contribution in [3.8, 4) is 0 Å². The van der Waals surface area contributed by atoms with Gasteiger partial charge in [-0.3, -0.25) is 0 Å². The molecule has 5 heteroatoms. The van der Waals surface area contributed by atoms with Gasteiger partial charge < -0.3 is 10.2 Å². The molecular formula is C21H29BrN4. The van der Waals surface area contributed by atoms with Crippen LogP contribution in [-0.2, 0) is 0 Å². The van der Waals surface area contributed by atoms with Gasteiger partial charge in [0.05, 0.1) is 5.52 Å². The molecule has 26 heavy (non-hydrogen) atoms. The third kappa shape index (κ3) is 4.04. The second-order valence-corrected chi connectivity index (χ2v) is 9.65. The molecule has 4 nitrogen and oxygen atoms in total. The lowest BCUT2D eigenvalue weighted by Crippen LogP contribution is -2.46. The number of fused-ring (bicyclic) bond motifs is 1. The van der Waals surface area contributed by atoms with Crippen LogP contribution in [-0.4, -0.2) is 40.0 Å². The van der Waals surface area contributed by atoms with E-state index in [1.54, 1.807) is 6.33 Å². The minimum atomic E-state index is 0.518. The quantitative estimate of drug-likeness (QED) is 0.742. The number of hydrogen-bond acceptors (Lipinski definition) is 4. The van der Waals surface area contributed by atoms with Gasteiger partial charge in [0.25, 0.3) is 0 Å². The highest BCUT2D eigenvalue weighted by Crippen LogP contribution is 2.34. The lowest BCUT2D eigenvalue weighted by Gasteiger charge is -2.43. The maximum absolute atomic E-state index is 4.51. The lowest BCUT2D eigenvalue weighted by atomic mass is 9.81. The van der Waals surface area contributed by atoms with Crippen LogP contribution >= 0.6 is 15.9 Å². The molecule has 140 valence electrons. The van der Waals surface area contributed by atoms with Crippen LogP contribution in [0.1, 0.15) is 52.4 Å². The van der Waals surface area contributed by atoms with Crippen molar-refractivity contribution in [1.82, 2.24) is 14.9 Å². The van der Waals surface area contributed by atoms with Gasteiger partial charge in [0.2, 0.25) is 0 Å². The molecular weight excluding hydrogens is 388 g/mol. The molecule has 1 aromatic heterocycles. The van der Waals surface area contributed by atoms with Gasteiger partial charge in [0, 0.05) is 21.9 Å². The van der Waals surface area contributed by atoms with Gasteiger partial charge in [-0.1, -0.05) is 29.8 Å². The van der Waals surface area contributed by atoms with Crippen molar-refractivity contribution in [3.05, 3.63) is 29.0 Å². The van der Waals surface area contributed by atoms with E-state index < -0.39 is 0 Å². The van der Waals surface area contributed by atoms with Crippen LogP contribution in [0.15, 0.2) is 29.0 Å². The van der Waals surface area contributed by atoms with Gasteiger partial charge in [0.15, 0.2) is 0 Å². The molecule has 1 saturated heterocycles. The van der Waals surface area contributed by atoms with E-state index in [0.717, 1.165) is 27.2 Å². The standard InChI is InChI=1S/C21H29BrN4/c1-21(2)9-11-26(12-10-21)17-6-4-16(5-7-17)25-20-18-13-15(22)3-8-19(18)23-14-24-20/h3,8,13-14,16-17H,4-7,9-12H2,1-2H3,(H,23,24,25). The molecule has 0 radical (unpaired) electrons. The van der Waals surface area contributed by atoms with Crippen molar-refractivity contribution in [2.45, 2.75) is 64.5 Å². The van der Waals surface area contributed by atoms with E-state index in [9.17, 15) is 0 Å². The highest BCUT2D eigenvalue weighted by molar-refractivity contribution is 9.10. The lowest BCUT2D eigenvalue weighted by molar-refractivity contribution is 0.0747. The summed E-state index contributed by atoms with van der Waals surface area (Å²) in [5.74, 6) is 0.972. The van der Waals surface area contributed by atoms with E-state index in [0.29, 0.717) is 11.5 Å². The minimum Gasteiger partial charge on any atom is -0.367 e. The Bertz CT molecular complexity index is 758. The first kappa shape index (κ1) is 18.2. The maximum Gasteiger partial charge on any atom is 0.137 e. The van der Waals surface area contributed by atoms with Gasteiger partial charge in [-0.05, 0) is 75.2 Å². The molecule has 1 saturated carbocycles. The predicted octanol–water partition coefficient (Wildman–Crippen LogP) is 5.24. The summed E-state index contributed by atoms with van der Waals surface area (Å²) in [7, 11) is 0. The third-order valence-electron chi connectivity index (χ3n) is 6.30. The zero-order chi connectivity index (χ0) is 18.1. The molecule has 2 aromatic rings. The van der Waals surface area contributed by atoms with Crippen molar-refractivity contribution >= 4 is 32.7 Å². The fourth-order valence-corrected chi connectivity index (χ4v) is 4.78. The normalized spacial score (nSPS) is 26.7. The Morgan fingerprint density at radius 1 is 1.08 bits per heavy atom. The number of anilines is 1. The van der Waals surface area contributed by atoms with Crippen LogP contribution in [0.3, 0.4) is 0 Å². The second kappa shape index (κ2) is 7.43. The van der Waals surface area contributed by atoms with Crippen molar-refractivity contribution in [2.24, 2.45) is 5.41 Å². The average molecular weight is 417 g/mol. The number of likely N-dealkylation sites (tertiary alicyclic amines) is 1. The molecule has 2 aliphatic rings. The van der Waals surface area contributed by atoms with Crippen molar-refractivity contribution < 1.29 is 0 Å². The number of benzene rings is 1. The van der Waals surface area contributed by atoms with Crippen LogP contribution in [0.25, 0.3) is 10.9 Å². The number of nitrogens with one attached hydrogen (secondary N) is 1. The number of hydrogen-bond donors (Lipinski definition) is 1. The molecule has 0 spiro atoms. The Balaban J connectivity index is 1.37. The summed E-state index contributed by atoms with van der Waals surface area (Å²) < 4.78 is 1.07. The molecule has 0 atom stereocenters. The van der Waals surface area contributed by atoms with Gasteiger partial charge in [-0.25, -0.2) is 9.97 Å². The van der Waals surface area contributed by atoms with Crippen LogP contribution in [0, 0.1) is 5.41 Å². The molecule has 1 aliphatic heterocycles. The first-order chi connectivity index (χ1) is 12.5. The Hall–Kier alpha value is -1.20. The van der Waals surface area contributed by atoms with E-state index >= 15 is 0 Å². The van der Waals surface area contributed by atoms with Crippen LogP contribution in [0.5, 0.6) is 0 Å². The van der Waals surface area contributed by atoms with Crippen LogP contribution < -0.4 is 5.32 Å². The van der Waals surface area contributed by atoms with Gasteiger partial charge in [-0.2, -0.15) is 0 Å².